The highest BCUT2D eigenvalue weighted by Gasteiger charge is 2.21. The molecule has 0 aliphatic rings. The molecule has 0 rings (SSSR count). The van der Waals surface area contributed by atoms with Crippen LogP contribution in [0.4, 0.5) is 9.59 Å². The number of carbonyl (C=O) groups is 2. The Labute approximate surface area is 94.8 Å². The fourth-order valence-corrected chi connectivity index (χ4v) is 0.967. The van der Waals surface area contributed by atoms with E-state index in [0.29, 0.717) is 17.2 Å². The van der Waals surface area contributed by atoms with Crippen molar-refractivity contribution in [2.45, 2.75) is 33.2 Å². The van der Waals surface area contributed by atoms with Crippen LogP contribution in [0.1, 0.15) is 27.2 Å². The first-order valence-electron chi connectivity index (χ1n) is 5.09. The number of carbonyl (C=O) groups excluding carboxylic acids is 1. The summed E-state index contributed by atoms with van der Waals surface area (Å²) >= 11 is 0. The standard InChI is InChI=1S/C10H17N3O3/c1-7(2)4-5-13(10(15)16)9(14)12-8(3)6-11/h7-8H,4-5H2,1-3H3,(H,12,14)(H,15,16)/t8-/m0/s1. The molecule has 0 aromatic rings. The lowest BCUT2D eigenvalue weighted by molar-refractivity contribution is 0.145. The van der Waals surface area contributed by atoms with Crippen molar-refractivity contribution in [3.05, 3.63) is 0 Å². The molecular weight excluding hydrogens is 210 g/mol. The van der Waals surface area contributed by atoms with Crippen LogP contribution in [0.5, 0.6) is 0 Å². The predicted octanol–water partition coefficient (Wildman–Crippen LogP) is 1.63. The van der Waals surface area contributed by atoms with Crippen LogP contribution >= 0.6 is 0 Å². The van der Waals surface area contributed by atoms with Crippen molar-refractivity contribution < 1.29 is 14.7 Å². The van der Waals surface area contributed by atoms with Crippen molar-refractivity contribution in [3.63, 3.8) is 0 Å². The highest BCUT2D eigenvalue weighted by molar-refractivity contribution is 5.90. The van der Waals surface area contributed by atoms with Crippen molar-refractivity contribution in [1.82, 2.24) is 10.2 Å². The molecule has 0 heterocycles. The number of urea groups is 1. The third-order valence-corrected chi connectivity index (χ3v) is 1.94. The third-order valence-electron chi connectivity index (χ3n) is 1.94. The van der Waals surface area contributed by atoms with Gasteiger partial charge in [0.25, 0.3) is 0 Å². The summed E-state index contributed by atoms with van der Waals surface area (Å²) in [7, 11) is 0. The molecule has 3 amide bonds. The zero-order chi connectivity index (χ0) is 12.7. The predicted molar refractivity (Wildman–Crippen MR) is 57.8 cm³/mol. The number of amides is 3. The number of carboxylic acid groups (broad SMARTS) is 1. The van der Waals surface area contributed by atoms with E-state index in [2.05, 4.69) is 5.32 Å². The molecule has 6 nitrogen and oxygen atoms in total. The minimum Gasteiger partial charge on any atom is -0.465 e. The number of rotatable bonds is 4. The Bertz CT molecular complexity index is 296. The minimum atomic E-state index is -1.30. The number of nitrogens with one attached hydrogen (secondary N) is 1. The molecule has 0 aromatic heterocycles. The highest BCUT2D eigenvalue weighted by atomic mass is 16.4. The summed E-state index contributed by atoms with van der Waals surface area (Å²) in [6.07, 6.45) is -0.705. The molecule has 0 saturated carbocycles. The summed E-state index contributed by atoms with van der Waals surface area (Å²) in [4.78, 5) is 22.9. The number of imide groups is 1. The molecule has 90 valence electrons. The van der Waals surface area contributed by atoms with E-state index in [1.54, 1.807) is 6.07 Å². The van der Waals surface area contributed by atoms with Gasteiger partial charge in [-0.3, -0.25) is 0 Å². The van der Waals surface area contributed by atoms with Gasteiger partial charge in [-0.15, -0.1) is 0 Å². The monoisotopic (exact) mass is 227 g/mol. The molecule has 0 fully saturated rings. The van der Waals surface area contributed by atoms with Gasteiger partial charge < -0.3 is 10.4 Å². The van der Waals surface area contributed by atoms with Crippen molar-refractivity contribution in [2.24, 2.45) is 5.92 Å². The van der Waals surface area contributed by atoms with Gasteiger partial charge in [0.15, 0.2) is 0 Å². The first kappa shape index (κ1) is 14.2. The largest absolute Gasteiger partial charge is 0.465 e. The second-order valence-electron chi connectivity index (χ2n) is 3.92. The van der Waals surface area contributed by atoms with Crippen molar-refractivity contribution in [1.29, 1.82) is 5.26 Å². The molecule has 1 atom stereocenters. The van der Waals surface area contributed by atoms with E-state index in [9.17, 15) is 9.59 Å². The van der Waals surface area contributed by atoms with E-state index in [1.807, 2.05) is 13.8 Å². The second kappa shape index (κ2) is 6.67. The Balaban J connectivity index is 4.37. The number of nitriles is 1. The van der Waals surface area contributed by atoms with Crippen LogP contribution in [-0.2, 0) is 0 Å². The maximum atomic E-state index is 11.4. The van der Waals surface area contributed by atoms with E-state index in [4.69, 9.17) is 10.4 Å². The van der Waals surface area contributed by atoms with Crippen LogP contribution in [0.15, 0.2) is 0 Å². The van der Waals surface area contributed by atoms with Crippen molar-refractivity contribution in [2.75, 3.05) is 6.54 Å². The van der Waals surface area contributed by atoms with Crippen LogP contribution < -0.4 is 5.32 Å². The van der Waals surface area contributed by atoms with Gasteiger partial charge in [-0.2, -0.15) is 5.26 Å². The van der Waals surface area contributed by atoms with E-state index in [1.165, 1.54) is 6.92 Å². The number of hydrogen-bond acceptors (Lipinski definition) is 3. The quantitative estimate of drug-likeness (QED) is 0.763. The molecule has 16 heavy (non-hydrogen) atoms. The highest BCUT2D eigenvalue weighted by Crippen LogP contribution is 2.03. The maximum Gasteiger partial charge on any atom is 0.415 e. The third kappa shape index (κ3) is 5.20. The Morgan fingerprint density at radius 3 is 2.38 bits per heavy atom. The lowest BCUT2D eigenvalue weighted by Gasteiger charge is -2.19. The smallest absolute Gasteiger partial charge is 0.415 e. The van der Waals surface area contributed by atoms with Crippen LogP contribution in [-0.4, -0.2) is 34.7 Å². The van der Waals surface area contributed by atoms with Crippen molar-refractivity contribution >= 4 is 12.1 Å². The van der Waals surface area contributed by atoms with Gasteiger partial charge in [0.2, 0.25) is 0 Å². The zero-order valence-electron chi connectivity index (χ0n) is 9.73. The van der Waals surface area contributed by atoms with E-state index in [-0.39, 0.29) is 6.54 Å². The average molecular weight is 227 g/mol. The molecule has 0 spiro atoms. The summed E-state index contributed by atoms with van der Waals surface area (Å²) in [5.74, 6) is 0.308. The van der Waals surface area contributed by atoms with Crippen LogP contribution in [0.2, 0.25) is 0 Å². The SMILES string of the molecule is CC(C)CCN(C(=O)O)C(=O)N[C@@H](C)C#N. The minimum absolute atomic E-state index is 0.136. The van der Waals surface area contributed by atoms with Crippen LogP contribution in [0.25, 0.3) is 0 Å². The fourth-order valence-electron chi connectivity index (χ4n) is 0.967. The molecule has 0 bridgehead atoms. The number of hydrogen-bond donors (Lipinski definition) is 2. The zero-order valence-corrected chi connectivity index (χ0v) is 9.73. The summed E-state index contributed by atoms with van der Waals surface area (Å²) in [5, 5.41) is 19.6. The first-order chi connectivity index (χ1) is 7.38. The van der Waals surface area contributed by atoms with Crippen molar-refractivity contribution in [3.8, 4) is 6.07 Å². The van der Waals surface area contributed by atoms with Gasteiger partial charge in [0.1, 0.15) is 6.04 Å². The molecule has 2 N–H and O–H groups in total. The summed E-state index contributed by atoms with van der Waals surface area (Å²) < 4.78 is 0. The lowest BCUT2D eigenvalue weighted by atomic mass is 10.1. The number of nitrogens with zero attached hydrogens (tertiary/aromatic N) is 2. The molecule has 0 aliphatic heterocycles. The van der Waals surface area contributed by atoms with Gasteiger partial charge in [0, 0.05) is 6.54 Å². The Morgan fingerprint density at radius 1 is 1.44 bits per heavy atom. The van der Waals surface area contributed by atoms with Gasteiger partial charge in [-0.05, 0) is 19.3 Å². The molecular formula is C10H17N3O3. The van der Waals surface area contributed by atoms with Gasteiger partial charge in [-0.25, -0.2) is 14.5 Å². The summed E-state index contributed by atoms with van der Waals surface area (Å²) in [5.41, 5.74) is 0. The second-order valence-corrected chi connectivity index (χ2v) is 3.92. The maximum absolute atomic E-state index is 11.4. The topological polar surface area (TPSA) is 93.4 Å². The summed E-state index contributed by atoms with van der Waals surface area (Å²) in [6.45, 7) is 5.50. The van der Waals surface area contributed by atoms with E-state index < -0.39 is 18.2 Å². The molecule has 0 unspecified atom stereocenters. The van der Waals surface area contributed by atoms with Gasteiger partial charge in [-0.1, -0.05) is 13.8 Å². The Kier molecular flexibility index (Phi) is 5.93. The molecule has 6 heteroatoms. The molecule has 0 aliphatic carbocycles. The summed E-state index contributed by atoms with van der Waals surface area (Å²) in [6, 6.07) is 0.354. The molecule has 0 saturated heterocycles. The Morgan fingerprint density at radius 2 is 2.00 bits per heavy atom. The average Bonchev–Trinajstić information content (AvgIpc) is 2.16. The van der Waals surface area contributed by atoms with E-state index in [0.717, 1.165) is 0 Å². The lowest BCUT2D eigenvalue weighted by Crippen LogP contribution is -2.46. The molecule has 0 aromatic carbocycles. The van der Waals surface area contributed by atoms with Gasteiger partial charge in [0.05, 0.1) is 6.07 Å². The normalized spacial score (nSPS) is 11.7. The Hall–Kier alpha value is -1.77. The van der Waals surface area contributed by atoms with Crippen LogP contribution in [0.3, 0.4) is 0 Å². The fraction of sp³-hybridized carbons (Fsp3) is 0.700. The van der Waals surface area contributed by atoms with E-state index >= 15 is 0 Å². The van der Waals surface area contributed by atoms with Crippen LogP contribution in [0, 0.1) is 17.2 Å². The molecule has 0 radical (unpaired) electrons. The first-order valence-corrected chi connectivity index (χ1v) is 5.09. The van der Waals surface area contributed by atoms with Gasteiger partial charge >= 0.3 is 12.1 Å².